The van der Waals surface area contributed by atoms with Crippen molar-refractivity contribution in [2.24, 2.45) is 0 Å². The van der Waals surface area contributed by atoms with Crippen LogP contribution in [0.15, 0.2) is 60.7 Å². The van der Waals surface area contributed by atoms with Crippen LogP contribution in [0.4, 0.5) is 5.69 Å². The maximum absolute atomic E-state index is 10.5. The molecule has 1 saturated heterocycles. The first kappa shape index (κ1) is 15.1. The summed E-state index contributed by atoms with van der Waals surface area (Å²) in [6, 6.07) is 20.6. The second kappa shape index (κ2) is 8.10. The summed E-state index contributed by atoms with van der Waals surface area (Å²) in [5.41, 5.74) is 2.57. The van der Waals surface area contributed by atoms with E-state index in [0.29, 0.717) is 0 Å². The van der Waals surface area contributed by atoms with Crippen molar-refractivity contribution >= 4 is 12.1 Å². The van der Waals surface area contributed by atoms with Crippen molar-refractivity contribution in [2.45, 2.75) is 6.92 Å². The van der Waals surface area contributed by atoms with E-state index in [0.717, 1.165) is 32.6 Å². The van der Waals surface area contributed by atoms with E-state index in [9.17, 15) is 4.79 Å². The van der Waals surface area contributed by atoms with E-state index in [1.165, 1.54) is 11.3 Å². The average Bonchev–Trinajstić information content (AvgIpc) is 2.57. The number of hydrogen-bond donors (Lipinski definition) is 0. The predicted molar refractivity (Wildman–Crippen MR) is 87.5 cm³/mol. The lowest BCUT2D eigenvalue weighted by Crippen LogP contribution is -2.45. The van der Waals surface area contributed by atoms with E-state index in [1.807, 2.05) is 41.3 Å². The van der Waals surface area contributed by atoms with Gasteiger partial charge in [-0.1, -0.05) is 54.1 Å². The number of para-hydroxylation sites is 1. The first-order valence-electron chi connectivity index (χ1n) is 7.30. The maximum atomic E-state index is 10.5. The molecule has 0 atom stereocenters. The minimum Gasteiger partial charge on any atom is -0.368 e. The van der Waals surface area contributed by atoms with Gasteiger partial charge in [-0.3, -0.25) is 4.79 Å². The molecule has 0 aliphatic carbocycles. The van der Waals surface area contributed by atoms with Crippen LogP contribution >= 0.6 is 0 Å². The number of anilines is 1. The van der Waals surface area contributed by atoms with Gasteiger partial charge in [-0.2, -0.15) is 0 Å². The van der Waals surface area contributed by atoms with E-state index in [1.54, 1.807) is 0 Å². The molecule has 1 aliphatic rings. The molecule has 1 fully saturated rings. The molecule has 1 heterocycles. The van der Waals surface area contributed by atoms with Gasteiger partial charge in [0.1, 0.15) is 0 Å². The molecule has 0 N–H and O–H groups in total. The number of hydrogen-bond acceptors (Lipinski definition) is 2. The Kier molecular flexibility index (Phi) is 5.83. The predicted octanol–water partition coefficient (Wildman–Crippen LogP) is 2.96. The van der Waals surface area contributed by atoms with Gasteiger partial charge in [0, 0.05) is 31.9 Å². The molecule has 0 spiro atoms. The van der Waals surface area contributed by atoms with Gasteiger partial charge in [0.15, 0.2) is 0 Å². The van der Waals surface area contributed by atoms with Crippen LogP contribution in [-0.2, 0) is 4.79 Å². The van der Waals surface area contributed by atoms with Gasteiger partial charge in [0.05, 0.1) is 0 Å². The molecule has 3 rings (SSSR count). The van der Waals surface area contributed by atoms with Crippen LogP contribution in [0.2, 0.25) is 0 Å². The molecule has 0 unspecified atom stereocenters. The zero-order valence-corrected chi connectivity index (χ0v) is 12.5. The molecule has 21 heavy (non-hydrogen) atoms. The number of rotatable bonds is 2. The zero-order valence-electron chi connectivity index (χ0n) is 12.5. The van der Waals surface area contributed by atoms with Crippen molar-refractivity contribution < 1.29 is 4.79 Å². The van der Waals surface area contributed by atoms with Crippen LogP contribution in [0.1, 0.15) is 5.56 Å². The third-order valence-corrected chi connectivity index (χ3v) is 3.53. The summed E-state index contributed by atoms with van der Waals surface area (Å²) in [4.78, 5) is 14.6. The Morgan fingerprint density at radius 1 is 0.810 bits per heavy atom. The molecular weight excluding hydrogens is 260 g/mol. The molecule has 0 saturated carbocycles. The first-order valence-corrected chi connectivity index (χ1v) is 7.30. The minimum absolute atomic E-state index is 0.832. The third kappa shape index (κ3) is 4.95. The molecular formula is C18H22N2O. The highest BCUT2D eigenvalue weighted by atomic mass is 16.1. The van der Waals surface area contributed by atoms with Gasteiger partial charge in [-0.15, -0.1) is 0 Å². The normalized spacial score (nSPS) is 14.1. The largest absolute Gasteiger partial charge is 0.368 e. The quantitative estimate of drug-likeness (QED) is 0.791. The van der Waals surface area contributed by atoms with Crippen LogP contribution in [0.5, 0.6) is 0 Å². The van der Waals surface area contributed by atoms with Crippen LogP contribution in [0.3, 0.4) is 0 Å². The highest BCUT2D eigenvalue weighted by Crippen LogP contribution is 2.14. The van der Waals surface area contributed by atoms with Crippen LogP contribution in [-0.4, -0.2) is 37.5 Å². The average molecular weight is 282 g/mol. The molecule has 110 valence electrons. The lowest BCUT2D eigenvalue weighted by atomic mass is 10.2. The van der Waals surface area contributed by atoms with Gasteiger partial charge in [-0.05, 0) is 19.1 Å². The summed E-state index contributed by atoms with van der Waals surface area (Å²) in [5, 5.41) is 0. The lowest BCUT2D eigenvalue weighted by molar-refractivity contribution is -0.118. The summed E-state index contributed by atoms with van der Waals surface area (Å²) in [7, 11) is 0. The summed E-state index contributed by atoms with van der Waals surface area (Å²) in [6.45, 7) is 5.61. The van der Waals surface area contributed by atoms with Crippen molar-refractivity contribution in [3.8, 4) is 0 Å². The van der Waals surface area contributed by atoms with Gasteiger partial charge in [0.25, 0.3) is 0 Å². The maximum Gasteiger partial charge on any atom is 0.209 e. The molecule has 3 heteroatoms. The van der Waals surface area contributed by atoms with E-state index >= 15 is 0 Å². The highest BCUT2D eigenvalue weighted by molar-refractivity contribution is 5.50. The van der Waals surface area contributed by atoms with Gasteiger partial charge in [0.2, 0.25) is 6.41 Å². The SMILES string of the molecule is Cc1ccccc1.O=CN1CCN(c2ccccc2)CC1. The topological polar surface area (TPSA) is 23.6 Å². The van der Waals surface area contributed by atoms with E-state index < -0.39 is 0 Å². The van der Waals surface area contributed by atoms with Crippen LogP contribution in [0, 0.1) is 6.92 Å². The van der Waals surface area contributed by atoms with Crippen molar-refractivity contribution in [3.63, 3.8) is 0 Å². The molecule has 1 aliphatic heterocycles. The Bertz CT molecular complexity index is 519. The standard InChI is InChI=1S/C11H14N2O.C7H8/c14-10-12-6-8-13(9-7-12)11-4-2-1-3-5-11;1-7-5-3-2-4-6-7/h1-5,10H,6-9H2;2-6H,1H3. The number of benzene rings is 2. The minimum atomic E-state index is 0.832. The second-order valence-electron chi connectivity index (χ2n) is 5.12. The molecule has 2 aromatic rings. The van der Waals surface area contributed by atoms with E-state index in [-0.39, 0.29) is 0 Å². The Morgan fingerprint density at radius 2 is 1.33 bits per heavy atom. The second-order valence-corrected chi connectivity index (χ2v) is 5.12. The number of amides is 1. The third-order valence-electron chi connectivity index (χ3n) is 3.53. The Morgan fingerprint density at radius 3 is 1.76 bits per heavy atom. The van der Waals surface area contributed by atoms with E-state index in [2.05, 4.69) is 36.1 Å². The number of aryl methyl sites for hydroxylation is 1. The monoisotopic (exact) mass is 282 g/mol. The smallest absolute Gasteiger partial charge is 0.209 e. The van der Waals surface area contributed by atoms with Crippen molar-refractivity contribution in [1.29, 1.82) is 0 Å². The molecule has 0 bridgehead atoms. The molecule has 0 radical (unpaired) electrons. The first-order chi connectivity index (χ1) is 10.3. The molecule has 3 nitrogen and oxygen atoms in total. The van der Waals surface area contributed by atoms with Gasteiger partial charge >= 0.3 is 0 Å². The summed E-state index contributed by atoms with van der Waals surface area (Å²) < 4.78 is 0. The van der Waals surface area contributed by atoms with Crippen molar-refractivity contribution in [1.82, 2.24) is 4.90 Å². The number of carbonyl (C=O) groups excluding carboxylic acids is 1. The zero-order chi connectivity index (χ0) is 14.9. The van der Waals surface area contributed by atoms with Crippen LogP contribution in [0.25, 0.3) is 0 Å². The van der Waals surface area contributed by atoms with Crippen molar-refractivity contribution in [2.75, 3.05) is 31.1 Å². The Hall–Kier alpha value is -2.29. The van der Waals surface area contributed by atoms with E-state index in [4.69, 9.17) is 0 Å². The Labute approximate surface area is 126 Å². The summed E-state index contributed by atoms with van der Waals surface area (Å²) >= 11 is 0. The lowest BCUT2D eigenvalue weighted by Gasteiger charge is -2.34. The molecule has 1 amide bonds. The fourth-order valence-corrected chi connectivity index (χ4v) is 2.26. The number of nitrogens with zero attached hydrogens (tertiary/aromatic N) is 2. The summed E-state index contributed by atoms with van der Waals surface area (Å²) in [5.74, 6) is 0. The fraction of sp³-hybridized carbons (Fsp3) is 0.278. The van der Waals surface area contributed by atoms with Crippen LogP contribution < -0.4 is 4.90 Å². The number of carbonyl (C=O) groups is 1. The fourth-order valence-electron chi connectivity index (χ4n) is 2.26. The Balaban J connectivity index is 0.000000194. The number of piperazine rings is 1. The van der Waals surface area contributed by atoms with Gasteiger partial charge < -0.3 is 9.80 Å². The van der Waals surface area contributed by atoms with Gasteiger partial charge in [-0.25, -0.2) is 0 Å². The molecule has 2 aromatic carbocycles. The van der Waals surface area contributed by atoms with Crippen molar-refractivity contribution in [3.05, 3.63) is 66.2 Å². The highest BCUT2D eigenvalue weighted by Gasteiger charge is 2.14. The molecule has 0 aromatic heterocycles. The summed E-state index contributed by atoms with van der Waals surface area (Å²) in [6.07, 6.45) is 0.933.